The average molecular weight is 389 g/mol. The van der Waals surface area contributed by atoms with E-state index in [0.29, 0.717) is 11.7 Å². The third kappa shape index (κ3) is 5.28. The van der Waals surface area contributed by atoms with Crippen LogP contribution in [0.1, 0.15) is 18.1 Å². The molecule has 0 atom stereocenters. The second kappa shape index (κ2) is 9.30. The zero-order valence-electron chi connectivity index (χ0n) is 16.1. The summed E-state index contributed by atoms with van der Waals surface area (Å²) in [5.74, 6) is 0. The van der Waals surface area contributed by atoms with E-state index in [1.54, 1.807) is 0 Å². The molecule has 0 spiro atoms. The van der Waals surface area contributed by atoms with E-state index in [1.165, 1.54) is 0 Å². The van der Waals surface area contributed by atoms with Crippen LogP contribution in [0.15, 0.2) is 29.1 Å². The first-order valence-electron chi connectivity index (χ1n) is 9.52. The molecule has 1 fully saturated rings. The third-order valence-electron chi connectivity index (χ3n) is 4.84. The Morgan fingerprint density at radius 3 is 2.85 bits per heavy atom. The lowest BCUT2D eigenvalue weighted by molar-refractivity contribution is 0.0357. The molecule has 0 saturated carbocycles. The average Bonchev–Trinajstić information content (AvgIpc) is 2.66. The summed E-state index contributed by atoms with van der Waals surface area (Å²) in [6, 6.07) is 8.08. The summed E-state index contributed by atoms with van der Waals surface area (Å²) in [5.41, 5.74) is 2.68. The number of rotatable bonds is 6. The molecule has 0 radical (unpaired) electrons. The van der Waals surface area contributed by atoms with Crippen LogP contribution in [0, 0.1) is 6.92 Å². The number of hydrogen-bond donors (Lipinski definition) is 2. The smallest absolute Gasteiger partial charge is 0.253 e. The number of aryl methyl sites for hydroxylation is 1. The summed E-state index contributed by atoms with van der Waals surface area (Å²) < 4.78 is 5.41. The fraction of sp³-hybridized carbons (Fsp3) is 0.500. The van der Waals surface area contributed by atoms with Gasteiger partial charge in [0, 0.05) is 43.8 Å². The van der Waals surface area contributed by atoms with E-state index in [4.69, 9.17) is 17.0 Å². The van der Waals surface area contributed by atoms with Crippen molar-refractivity contribution in [2.24, 2.45) is 0 Å². The van der Waals surface area contributed by atoms with Crippen LogP contribution >= 0.6 is 12.2 Å². The van der Waals surface area contributed by atoms with Gasteiger partial charge in [-0.2, -0.15) is 0 Å². The Balaban J connectivity index is 1.76. The molecule has 146 valence electrons. The summed E-state index contributed by atoms with van der Waals surface area (Å²) in [5, 5.41) is 4.95. The largest absolute Gasteiger partial charge is 0.379 e. The van der Waals surface area contributed by atoms with Gasteiger partial charge >= 0.3 is 0 Å². The molecule has 3 rings (SSSR count). The number of aromatic amines is 1. The molecule has 2 aromatic rings. The number of aromatic nitrogens is 1. The first-order valence-corrected chi connectivity index (χ1v) is 9.93. The van der Waals surface area contributed by atoms with Crippen molar-refractivity contribution in [2.75, 3.05) is 45.9 Å². The number of H-pyrrole nitrogens is 1. The molecule has 0 amide bonds. The van der Waals surface area contributed by atoms with Crippen LogP contribution in [0.25, 0.3) is 10.9 Å². The van der Waals surface area contributed by atoms with Crippen molar-refractivity contribution in [3.05, 3.63) is 45.7 Å². The van der Waals surface area contributed by atoms with Gasteiger partial charge in [-0.3, -0.25) is 9.69 Å². The van der Waals surface area contributed by atoms with Gasteiger partial charge < -0.3 is 19.9 Å². The third-order valence-corrected chi connectivity index (χ3v) is 5.25. The molecule has 1 aromatic heterocycles. The number of hydrogen-bond acceptors (Lipinski definition) is 4. The minimum absolute atomic E-state index is 0.0521. The normalized spacial score (nSPS) is 15.0. The molecule has 7 heteroatoms. The number of benzene rings is 1. The highest BCUT2D eigenvalue weighted by molar-refractivity contribution is 7.80. The van der Waals surface area contributed by atoms with Gasteiger partial charge in [0.25, 0.3) is 5.56 Å². The number of morpholine rings is 1. The van der Waals surface area contributed by atoms with Crippen molar-refractivity contribution < 1.29 is 4.74 Å². The molecule has 2 heterocycles. The minimum atomic E-state index is -0.0521. The molecular weight excluding hydrogens is 360 g/mol. The van der Waals surface area contributed by atoms with Crippen molar-refractivity contribution >= 4 is 28.2 Å². The maximum Gasteiger partial charge on any atom is 0.253 e. The maximum absolute atomic E-state index is 12.6. The molecule has 1 aliphatic rings. The lowest BCUT2D eigenvalue weighted by Crippen LogP contribution is -2.46. The molecular formula is C20H28N4O2S. The van der Waals surface area contributed by atoms with Crippen LogP contribution in [-0.4, -0.2) is 65.8 Å². The van der Waals surface area contributed by atoms with Crippen molar-refractivity contribution in [1.82, 2.24) is 20.1 Å². The Hall–Kier alpha value is -1.96. The minimum Gasteiger partial charge on any atom is -0.379 e. The van der Waals surface area contributed by atoms with E-state index < -0.39 is 0 Å². The van der Waals surface area contributed by atoms with E-state index >= 15 is 0 Å². The quantitative estimate of drug-likeness (QED) is 0.737. The van der Waals surface area contributed by atoms with Gasteiger partial charge in [0.2, 0.25) is 0 Å². The molecule has 2 N–H and O–H groups in total. The van der Waals surface area contributed by atoms with E-state index in [1.807, 2.05) is 32.0 Å². The SMILES string of the molecule is CCNC(=S)N(CCN1CCOCC1)Cc1cc2ccc(C)cc2[nH]c1=O. The molecule has 1 aliphatic heterocycles. The molecule has 1 saturated heterocycles. The van der Waals surface area contributed by atoms with Gasteiger partial charge in [-0.25, -0.2) is 0 Å². The van der Waals surface area contributed by atoms with Gasteiger partial charge in [0.1, 0.15) is 0 Å². The predicted molar refractivity (Wildman–Crippen MR) is 113 cm³/mol. The Kier molecular flexibility index (Phi) is 6.82. The topological polar surface area (TPSA) is 60.6 Å². The number of thiocarbonyl (C=S) groups is 1. The predicted octanol–water partition coefficient (Wildman–Crippen LogP) is 1.87. The van der Waals surface area contributed by atoms with Gasteiger partial charge in [0.05, 0.1) is 19.8 Å². The Morgan fingerprint density at radius 2 is 2.11 bits per heavy atom. The monoisotopic (exact) mass is 388 g/mol. The molecule has 27 heavy (non-hydrogen) atoms. The highest BCUT2D eigenvalue weighted by Crippen LogP contribution is 2.14. The highest BCUT2D eigenvalue weighted by atomic mass is 32.1. The second-order valence-electron chi connectivity index (χ2n) is 6.93. The summed E-state index contributed by atoms with van der Waals surface area (Å²) in [4.78, 5) is 20.1. The van der Waals surface area contributed by atoms with Crippen LogP contribution in [0.4, 0.5) is 0 Å². The van der Waals surface area contributed by atoms with Crippen molar-refractivity contribution in [1.29, 1.82) is 0 Å². The van der Waals surface area contributed by atoms with E-state index in [0.717, 1.165) is 68.0 Å². The number of fused-ring (bicyclic) bond motifs is 1. The second-order valence-corrected chi connectivity index (χ2v) is 7.31. The van der Waals surface area contributed by atoms with Crippen molar-refractivity contribution in [2.45, 2.75) is 20.4 Å². The van der Waals surface area contributed by atoms with E-state index in [9.17, 15) is 4.79 Å². The Labute approximate surface area is 165 Å². The fourth-order valence-electron chi connectivity index (χ4n) is 3.29. The summed E-state index contributed by atoms with van der Waals surface area (Å²) >= 11 is 5.56. The number of nitrogens with one attached hydrogen (secondary N) is 2. The molecule has 0 bridgehead atoms. The zero-order valence-corrected chi connectivity index (χ0v) is 16.9. The van der Waals surface area contributed by atoms with Crippen LogP contribution in [0.5, 0.6) is 0 Å². The highest BCUT2D eigenvalue weighted by Gasteiger charge is 2.16. The summed E-state index contributed by atoms with van der Waals surface area (Å²) in [6.07, 6.45) is 0. The van der Waals surface area contributed by atoms with Crippen LogP contribution < -0.4 is 10.9 Å². The summed E-state index contributed by atoms with van der Waals surface area (Å²) in [7, 11) is 0. The molecule has 1 aromatic carbocycles. The Morgan fingerprint density at radius 1 is 1.33 bits per heavy atom. The van der Waals surface area contributed by atoms with Gasteiger partial charge in [-0.1, -0.05) is 12.1 Å². The number of pyridine rings is 1. The van der Waals surface area contributed by atoms with Crippen molar-refractivity contribution in [3.63, 3.8) is 0 Å². The first kappa shape index (κ1) is 19.8. The van der Waals surface area contributed by atoms with Gasteiger partial charge in [-0.05, 0) is 49.1 Å². The van der Waals surface area contributed by atoms with Crippen LogP contribution in [-0.2, 0) is 11.3 Å². The fourth-order valence-corrected chi connectivity index (χ4v) is 3.59. The van der Waals surface area contributed by atoms with Crippen LogP contribution in [0.3, 0.4) is 0 Å². The number of nitrogens with zero attached hydrogens (tertiary/aromatic N) is 2. The van der Waals surface area contributed by atoms with Crippen molar-refractivity contribution in [3.8, 4) is 0 Å². The lowest BCUT2D eigenvalue weighted by Gasteiger charge is -2.31. The number of ether oxygens (including phenoxy) is 1. The molecule has 6 nitrogen and oxygen atoms in total. The van der Waals surface area contributed by atoms with Crippen LogP contribution in [0.2, 0.25) is 0 Å². The first-order chi connectivity index (χ1) is 13.1. The van der Waals surface area contributed by atoms with E-state index in [-0.39, 0.29) is 5.56 Å². The zero-order chi connectivity index (χ0) is 19.2. The lowest BCUT2D eigenvalue weighted by atomic mass is 10.1. The standard InChI is InChI=1S/C20H28N4O2S/c1-3-21-20(27)24(7-6-23-8-10-26-11-9-23)14-17-13-16-5-4-15(2)12-18(16)22-19(17)25/h4-5,12-13H,3,6-11,14H2,1-2H3,(H,21,27)(H,22,25). The van der Waals surface area contributed by atoms with Gasteiger partial charge in [-0.15, -0.1) is 0 Å². The maximum atomic E-state index is 12.6. The molecule has 0 unspecified atom stereocenters. The molecule has 0 aliphatic carbocycles. The van der Waals surface area contributed by atoms with Gasteiger partial charge in [0.15, 0.2) is 5.11 Å². The van der Waals surface area contributed by atoms with E-state index in [2.05, 4.69) is 26.2 Å². The Bertz CT molecular complexity index is 845. The summed E-state index contributed by atoms with van der Waals surface area (Å²) in [6.45, 7) is 10.4.